The second-order valence-electron chi connectivity index (χ2n) is 6.25. The average Bonchev–Trinajstić information content (AvgIpc) is 2.72. The van der Waals surface area contributed by atoms with Crippen molar-refractivity contribution in [1.29, 1.82) is 5.26 Å². The number of ether oxygens (including phenoxy) is 1. The number of carbonyl (C=O) groups is 1. The van der Waals surface area contributed by atoms with Gasteiger partial charge in [-0.15, -0.1) is 0 Å². The highest BCUT2D eigenvalue weighted by Crippen LogP contribution is 2.41. The molecule has 0 aromatic heterocycles. The highest BCUT2D eigenvalue weighted by Gasteiger charge is 2.41. The highest BCUT2D eigenvalue weighted by atomic mass is 16.6. The van der Waals surface area contributed by atoms with E-state index >= 15 is 0 Å². The quantitative estimate of drug-likeness (QED) is 0.619. The first-order valence-corrected chi connectivity index (χ1v) is 6.44. The number of hydrogen-bond acceptors (Lipinski definition) is 3. The average molecular weight is 248 g/mol. The standard InChI is InChI=1S/C14H20N2O2/c1-14(2,3)18-13(17)16-8-11-6-10(4-5-15)7-12(11)9-16/h4,11-12H,6-9H2,1-3H3/b10-4-/t11-,12+/m0/s1. The monoisotopic (exact) mass is 248 g/mol. The van der Waals surface area contributed by atoms with E-state index < -0.39 is 5.60 Å². The van der Waals surface area contributed by atoms with E-state index in [0.717, 1.165) is 25.9 Å². The summed E-state index contributed by atoms with van der Waals surface area (Å²) in [6, 6.07) is 2.10. The van der Waals surface area contributed by atoms with Crippen molar-refractivity contribution in [1.82, 2.24) is 4.90 Å². The molecule has 4 nitrogen and oxygen atoms in total. The molecule has 1 saturated carbocycles. The van der Waals surface area contributed by atoms with Gasteiger partial charge in [0.25, 0.3) is 0 Å². The third-order valence-electron chi connectivity index (χ3n) is 3.55. The molecule has 4 heteroatoms. The van der Waals surface area contributed by atoms with Crippen LogP contribution in [0.1, 0.15) is 33.6 Å². The predicted octanol–water partition coefficient (Wildman–Crippen LogP) is 2.71. The Hall–Kier alpha value is -1.50. The van der Waals surface area contributed by atoms with E-state index in [2.05, 4.69) is 6.07 Å². The number of allylic oxidation sites excluding steroid dienone is 2. The van der Waals surface area contributed by atoms with Gasteiger partial charge in [0, 0.05) is 19.2 Å². The van der Waals surface area contributed by atoms with Gasteiger partial charge in [-0.2, -0.15) is 5.26 Å². The van der Waals surface area contributed by atoms with Crippen LogP contribution in [0.25, 0.3) is 0 Å². The van der Waals surface area contributed by atoms with Crippen molar-refractivity contribution < 1.29 is 9.53 Å². The summed E-state index contributed by atoms with van der Waals surface area (Å²) in [4.78, 5) is 13.7. The van der Waals surface area contributed by atoms with E-state index in [-0.39, 0.29) is 6.09 Å². The van der Waals surface area contributed by atoms with Gasteiger partial charge in [0.1, 0.15) is 5.60 Å². The molecule has 1 amide bonds. The zero-order valence-electron chi connectivity index (χ0n) is 11.3. The van der Waals surface area contributed by atoms with Gasteiger partial charge in [-0.05, 0) is 45.4 Å². The van der Waals surface area contributed by atoms with E-state index in [4.69, 9.17) is 10.00 Å². The minimum Gasteiger partial charge on any atom is -0.444 e. The first-order valence-electron chi connectivity index (χ1n) is 6.44. The molecule has 2 aliphatic rings. The molecule has 1 saturated heterocycles. The first kappa shape index (κ1) is 12.9. The Labute approximate surface area is 108 Å². The molecule has 98 valence electrons. The molecule has 0 N–H and O–H groups in total. The topological polar surface area (TPSA) is 53.3 Å². The molecule has 18 heavy (non-hydrogen) atoms. The van der Waals surface area contributed by atoms with Crippen LogP contribution < -0.4 is 0 Å². The second kappa shape index (κ2) is 4.64. The minimum atomic E-state index is -0.430. The van der Waals surface area contributed by atoms with Crippen molar-refractivity contribution in [3.05, 3.63) is 11.6 Å². The summed E-state index contributed by atoms with van der Waals surface area (Å²) in [6.45, 7) is 7.19. The number of likely N-dealkylation sites (tertiary alicyclic amines) is 1. The van der Waals surface area contributed by atoms with Gasteiger partial charge in [-0.25, -0.2) is 4.79 Å². The highest BCUT2D eigenvalue weighted by molar-refractivity contribution is 5.68. The maximum Gasteiger partial charge on any atom is 0.410 e. The minimum absolute atomic E-state index is 0.206. The summed E-state index contributed by atoms with van der Waals surface area (Å²) in [7, 11) is 0. The smallest absolute Gasteiger partial charge is 0.410 e. The molecule has 2 fully saturated rings. The van der Waals surface area contributed by atoms with Crippen molar-refractivity contribution in [3.63, 3.8) is 0 Å². The normalized spacial score (nSPS) is 29.2. The number of rotatable bonds is 0. The fourth-order valence-electron chi connectivity index (χ4n) is 2.84. The summed E-state index contributed by atoms with van der Waals surface area (Å²) in [5, 5.41) is 8.65. The number of nitriles is 1. The van der Waals surface area contributed by atoms with Gasteiger partial charge in [0.05, 0.1) is 6.07 Å². The summed E-state index contributed by atoms with van der Waals surface area (Å²) >= 11 is 0. The fraction of sp³-hybridized carbons (Fsp3) is 0.714. The molecule has 0 bridgehead atoms. The molecular weight excluding hydrogens is 228 g/mol. The van der Waals surface area contributed by atoms with Crippen molar-refractivity contribution in [2.45, 2.75) is 39.2 Å². The van der Waals surface area contributed by atoms with Crippen LogP contribution >= 0.6 is 0 Å². The van der Waals surface area contributed by atoms with E-state index in [9.17, 15) is 4.79 Å². The number of fused-ring (bicyclic) bond motifs is 1. The van der Waals surface area contributed by atoms with Gasteiger partial charge in [-0.3, -0.25) is 0 Å². The Bertz CT molecular complexity index is 398. The van der Waals surface area contributed by atoms with Crippen LogP contribution in [0.15, 0.2) is 11.6 Å². The van der Waals surface area contributed by atoms with Crippen LogP contribution in [0, 0.1) is 23.2 Å². The van der Waals surface area contributed by atoms with E-state index in [0.29, 0.717) is 11.8 Å². The lowest BCUT2D eigenvalue weighted by Crippen LogP contribution is -2.35. The maximum atomic E-state index is 11.9. The molecule has 1 aliphatic heterocycles. The Morgan fingerprint density at radius 1 is 1.39 bits per heavy atom. The SMILES string of the molecule is CC(C)(C)OC(=O)N1C[C@H]2C/C(=C\C#N)C[C@H]2C1. The maximum absolute atomic E-state index is 11.9. The summed E-state index contributed by atoms with van der Waals surface area (Å²) in [5.74, 6) is 1.02. The Morgan fingerprint density at radius 2 is 1.94 bits per heavy atom. The van der Waals surface area contributed by atoms with Crippen molar-refractivity contribution >= 4 is 6.09 Å². The largest absolute Gasteiger partial charge is 0.444 e. The molecule has 1 aliphatic carbocycles. The first-order chi connectivity index (χ1) is 8.39. The Kier molecular flexibility index (Phi) is 3.34. The predicted molar refractivity (Wildman–Crippen MR) is 67.7 cm³/mol. The third-order valence-corrected chi connectivity index (χ3v) is 3.55. The van der Waals surface area contributed by atoms with Crippen LogP contribution in [0.2, 0.25) is 0 Å². The van der Waals surface area contributed by atoms with Crippen LogP contribution in [-0.4, -0.2) is 29.7 Å². The fourth-order valence-corrected chi connectivity index (χ4v) is 2.84. The van der Waals surface area contributed by atoms with Crippen LogP contribution in [-0.2, 0) is 4.74 Å². The van der Waals surface area contributed by atoms with E-state index in [1.165, 1.54) is 5.57 Å². The van der Waals surface area contributed by atoms with Gasteiger partial charge < -0.3 is 9.64 Å². The lowest BCUT2D eigenvalue weighted by atomic mass is 10.0. The van der Waals surface area contributed by atoms with Gasteiger partial charge >= 0.3 is 6.09 Å². The zero-order chi connectivity index (χ0) is 13.3. The number of hydrogen-bond donors (Lipinski definition) is 0. The summed E-state index contributed by atoms with van der Waals surface area (Å²) < 4.78 is 5.38. The lowest BCUT2D eigenvalue weighted by molar-refractivity contribution is 0.0282. The zero-order valence-corrected chi connectivity index (χ0v) is 11.3. The summed E-state index contributed by atoms with van der Waals surface area (Å²) in [5.41, 5.74) is 0.803. The molecule has 0 aromatic rings. The van der Waals surface area contributed by atoms with Gasteiger partial charge in [0.15, 0.2) is 0 Å². The molecule has 1 heterocycles. The molecular formula is C14H20N2O2. The number of carbonyl (C=O) groups excluding carboxylic acids is 1. The van der Waals surface area contributed by atoms with E-state index in [1.807, 2.05) is 25.7 Å². The lowest BCUT2D eigenvalue weighted by Gasteiger charge is -2.24. The van der Waals surface area contributed by atoms with Crippen molar-refractivity contribution in [2.24, 2.45) is 11.8 Å². The van der Waals surface area contributed by atoms with Gasteiger partial charge in [0.2, 0.25) is 0 Å². The Balaban J connectivity index is 1.91. The number of nitrogens with zero attached hydrogens (tertiary/aromatic N) is 2. The van der Waals surface area contributed by atoms with Crippen LogP contribution in [0.4, 0.5) is 4.79 Å². The van der Waals surface area contributed by atoms with Crippen molar-refractivity contribution in [3.8, 4) is 6.07 Å². The number of amides is 1. The molecule has 0 unspecified atom stereocenters. The third kappa shape index (κ3) is 2.84. The molecule has 0 aromatic carbocycles. The van der Waals surface area contributed by atoms with E-state index in [1.54, 1.807) is 6.08 Å². The Morgan fingerprint density at radius 3 is 2.39 bits per heavy atom. The molecule has 2 rings (SSSR count). The molecule has 0 spiro atoms. The van der Waals surface area contributed by atoms with Crippen LogP contribution in [0.5, 0.6) is 0 Å². The molecule has 2 atom stereocenters. The van der Waals surface area contributed by atoms with Crippen LogP contribution in [0.3, 0.4) is 0 Å². The second-order valence-corrected chi connectivity index (χ2v) is 6.25. The van der Waals surface area contributed by atoms with Gasteiger partial charge in [-0.1, -0.05) is 5.57 Å². The molecule has 0 radical (unpaired) electrons. The summed E-state index contributed by atoms with van der Waals surface area (Å²) in [6.07, 6.45) is 3.37. The van der Waals surface area contributed by atoms with Crippen molar-refractivity contribution in [2.75, 3.05) is 13.1 Å².